The molecule has 19 heavy (non-hydrogen) atoms. The molecule has 0 fully saturated rings. The summed E-state index contributed by atoms with van der Waals surface area (Å²) in [4.78, 5) is 0. The molecular weight excluding hydrogens is 245 g/mol. The van der Waals surface area contributed by atoms with Crippen molar-refractivity contribution in [3.8, 4) is 5.75 Å². The van der Waals surface area contributed by atoms with Crippen molar-refractivity contribution in [3.63, 3.8) is 0 Å². The number of nitrogens with one attached hydrogen (secondary N) is 1. The first-order valence-electron chi connectivity index (χ1n) is 6.31. The van der Waals surface area contributed by atoms with Gasteiger partial charge in [-0.2, -0.15) is 5.10 Å². The number of halogens is 1. The minimum Gasteiger partial charge on any atom is -0.497 e. The smallest absolute Gasteiger partial charge is 0.146 e. The first kappa shape index (κ1) is 13.4. The van der Waals surface area contributed by atoms with Crippen LogP contribution < -0.4 is 10.1 Å². The molecule has 0 aliphatic heterocycles. The standard InChI is InChI=1S/C14H18FN3O/c1-3-6-18-10-11(9-17-18)8-16-14-7-12(19-2)4-5-13(14)15/h4-5,7,9-10,16H,3,6,8H2,1-2H3. The molecule has 5 heteroatoms. The Kier molecular flexibility index (Phi) is 4.39. The molecule has 0 amide bonds. The van der Waals surface area contributed by atoms with Crippen LogP contribution in [0.1, 0.15) is 18.9 Å². The summed E-state index contributed by atoms with van der Waals surface area (Å²) in [5.74, 6) is 0.340. The number of ether oxygens (including phenoxy) is 1. The van der Waals surface area contributed by atoms with Crippen LogP contribution in [0.3, 0.4) is 0 Å². The third-order valence-electron chi connectivity index (χ3n) is 2.80. The molecular formula is C14H18FN3O. The molecule has 2 rings (SSSR count). The lowest BCUT2D eigenvalue weighted by atomic mass is 10.2. The van der Waals surface area contributed by atoms with Gasteiger partial charge < -0.3 is 10.1 Å². The van der Waals surface area contributed by atoms with Gasteiger partial charge in [-0.25, -0.2) is 4.39 Å². The summed E-state index contributed by atoms with van der Waals surface area (Å²) in [6.45, 7) is 3.53. The Bertz CT molecular complexity index is 539. The van der Waals surface area contributed by atoms with Crippen molar-refractivity contribution < 1.29 is 9.13 Å². The zero-order chi connectivity index (χ0) is 13.7. The molecule has 0 aliphatic rings. The maximum absolute atomic E-state index is 13.6. The Morgan fingerprint density at radius 3 is 3.00 bits per heavy atom. The summed E-state index contributed by atoms with van der Waals surface area (Å²) in [6, 6.07) is 4.63. The molecule has 1 N–H and O–H groups in total. The van der Waals surface area contributed by atoms with Crippen molar-refractivity contribution in [1.29, 1.82) is 0 Å². The molecule has 1 aromatic carbocycles. The highest BCUT2D eigenvalue weighted by atomic mass is 19.1. The van der Waals surface area contributed by atoms with Gasteiger partial charge in [0.15, 0.2) is 0 Å². The fourth-order valence-corrected chi connectivity index (χ4v) is 1.81. The fraction of sp³-hybridized carbons (Fsp3) is 0.357. The number of aromatic nitrogens is 2. The molecule has 0 aliphatic carbocycles. The van der Waals surface area contributed by atoms with Gasteiger partial charge in [0.05, 0.1) is 19.0 Å². The van der Waals surface area contributed by atoms with Crippen molar-refractivity contribution in [3.05, 3.63) is 42.0 Å². The maximum atomic E-state index is 13.6. The van der Waals surface area contributed by atoms with Crippen LogP contribution in [0, 0.1) is 5.82 Å². The summed E-state index contributed by atoms with van der Waals surface area (Å²) in [7, 11) is 1.56. The lowest BCUT2D eigenvalue weighted by molar-refractivity contribution is 0.414. The van der Waals surface area contributed by atoms with Crippen LogP contribution in [-0.2, 0) is 13.1 Å². The van der Waals surface area contributed by atoms with E-state index in [4.69, 9.17) is 4.74 Å². The van der Waals surface area contributed by atoms with E-state index in [0.29, 0.717) is 18.0 Å². The molecule has 0 atom stereocenters. The van der Waals surface area contributed by atoms with Crippen molar-refractivity contribution in [2.45, 2.75) is 26.4 Å². The Morgan fingerprint density at radius 1 is 1.42 bits per heavy atom. The van der Waals surface area contributed by atoms with Crippen LogP contribution in [0.5, 0.6) is 5.75 Å². The quantitative estimate of drug-likeness (QED) is 0.870. The van der Waals surface area contributed by atoms with Gasteiger partial charge in [-0.1, -0.05) is 6.92 Å². The highest BCUT2D eigenvalue weighted by Crippen LogP contribution is 2.21. The molecule has 0 unspecified atom stereocenters. The third kappa shape index (κ3) is 3.47. The molecule has 1 aromatic heterocycles. The van der Waals surface area contributed by atoms with Crippen LogP contribution in [0.4, 0.5) is 10.1 Å². The second-order valence-electron chi connectivity index (χ2n) is 4.31. The van der Waals surface area contributed by atoms with Gasteiger partial charge in [0.25, 0.3) is 0 Å². The molecule has 2 aromatic rings. The maximum Gasteiger partial charge on any atom is 0.146 e. The summed E-state index contributed by atoms with van der Waals surface area (Å²) in [5.41, 5.74) is 1.46. The van der Waals surface area contributed by atoms with E-state index in [-0.39, 0.29) is 5.82 Å². The number of methoxy groups -OCH3 is 1. The van der Waals surface area contributed by atoms with E-state index >= 15 is 0 Å². The van der Waals surface area contributed by atoms with Gasteiger partial charge in [-0.05, 0) is 18.6 Å². The molecule has 0 radical (unpaired) electrons. The number of hydrogen-bond acceptors (Lipinski definition) is 3. The van der Waals surface area contributed by atoms with Crippen molar-refractivity contribution >= 4 is 5.69 Å². The van der Waals surface area contributed by atoms with Gasteiger partial charge in [0.1, 0.15) is 11.6 Å². The zero-order valence-corrected chi connectivity index (χ0v) is 11.2. The first-order chi connectivity index (χ1) is 9.22. The highest BCUT2D eigenvalue weighted by Gasteiger charge is 2.04. The summed E-state index contributed by atoms with van der Waals surface area (Å²) in [6.07, 6.45) is 4.80. The monoisotopic (exact) mass is 263 g/mol. The van der Waals surface area contributed by atoms with Crippen molar-refractivity contribution in [2.24, 2.45) is 0 Å². The van der Waals surface area contributed by atoms with E-state index < -0.39 is 0 Å². The lowest BCUT2D eigenvalue weighted by Gasteiger charge is -2.08. The number of nitrogens with zero attached hydrogens (tertiary/aromatic N) is 2. The second kappa shape index (κ2) is 6.22. The molecule has 1 heterocycles. The molecule has 0 saturated heterocycles. The van der Waals surface area contributed by atoms with E-state index in [1.807, 2.05) is 10.9 Å². The minimum absolute atomic E-state index is 0.290. The number of aryl methyl sites for hydroxylation is 1. The predicted molar refractivity (Wildman–Crippen MR) is 72.8 cm³/mol. The minimum atomic E-state index is -0.290. The Labute approximate surface area is 112 Å². The molecule has 0 bridgehead atoms. The van der Waals surface area contributed by atoms with Gasteiger partial charge >= 0.3 is 0 Å². The van der Waals surface area contributed by atoms with E-state index in [1.54, 1.807) is 25.4 Å². The van der Waals surface area contributed by atoms with Crippen LogP contribution in [0.2, 0.25) is 0 Å². The van der Waals surface area contributed by atoms with Crippen molar-refractivity contribution in [2.75, 3.05) is 12.4 Å². The highest BCUT2D eigenvalue weighted by molar-refractivity contribution is 5.49. The van der Waals surface area contributed by atoms with Gasteiger partial charge in [0.2, 0.25) is 0 Å². The Morgan fingerprint density at radius 2 is 2.26 bits per heavy atom. The molecule has 102 valence electrons. The summed E-state index contributed by atoms with van der Waals surface area (Å²) < 4.78 is 20.6. The predicted octanol–water partition coefficient (Wildman–Crippen LogP) is 3.05. The second-order valence-corrected chi connectivity index (χ2v) is 4.31. The number of benzene rings is 1. The first-order valence-corrected chi connectivity index (χ1v) is 6.31. The molecule has 4 nitrogen and oxygen atoms in total. The van der Waals surface area contributed by atoms with Crippen molar-refractivity contribution in [1.82, 2.24) is 9.78 Å². The van der Waals surface area contributed by atoms with E-state index in [1.165, 1.54) is 6.07 Å². The third-order valence-corrected chi connectivity index (χ3v) is 2.80. The number of hydrogen-bond donors (Lipinski definition) is 1. The van der Waals surface area contributed by atoms with Gasteiger partial charge in [0, 0.05) is 30.9 Å². The van der Waals surface area contributed by atoms with Crippen LogP contribution in [0.15, 0.2) is 30.6 Å². The average molecular weight is 263 g/mol. The fourth-order valence-electron chi connectivity index (χ4n) is 1.81. The van der Waals surface area contributed by atoms with E-state index in [9.17, 15) is 4.39 Å². The Hall–Kier alpha value is -2.04. The van der Waals surface area contributed by atoms with Gasteiger partial charge in [-0.3, -0.25) is 4.68 Å². The zero-order valence-electron chi connectivity index (χ0n) is 11.2. The van der Waals surface area contributed by atoms with Crippen LogP contribution in [-0.4, -0.2) is 16.9 Å². The largest absolute Gasteiger partial charge is 0.497 e. The average Bonchev–Trinajstić information content (AvgIpc) is 2.86. The SMILES string of the molecule is CCCn1cc(CNc2cc(OC)ccc2F)cn1. The van der Waals surface area contributed by atoms with Gasteiger partial charge in [-0.15, -0.1) is 0 Å². The molecule has 0 saturated carbocycles. The van der Waals surface area contributed by atoms with Crippen LogP contribution >= 0.6 is 0 Å². The van der Waals surface area contributed by atoms with E-state index in [0.717, 1.165) is 18.5 Å². The normalized spacial score (nSPS) is 10.5. The number of rotatable bonds is 6. The molecule has 0 spiro atoms. The van der Waals surface area contributed by atoms with E-state index in [2.05, 4.69) is 17.3 Å². The topological polar surface area (TPSA) is 39.1 Å². The summed E-state index contributed by atoms with van der Waals surface area (Å²) in [5, 5.41) is 7.28. The summed E-state index contributed by atoms with van der Waals surface area (Å²) >= 11 is 0. The lowest BCUT2D eigenvalue weighted by Crippen LogP contribution is -2.01. The van der Waals surface area contributed by atoms with Crippen LogP contribution in [0.25, 0.3) is 0 Å². The Balaban J connectivity index is 2.01. The number of anilines is 1.